The van der Waals surface area contributed by atoms with E-state index in [0.29, 0.717) is 6.42 Å². The third kappa shape index (κ3) is 3.28. The van der Waals surface area contributed by atoms with E-state index in [4.69, 9.17) is 4.74 Å². The van der Waals surface area contributed by atoms with Crippen LogP contribution in [0.25, 0.3) is 5.57 Å². The Morgan fingerprint density at radius 3 is 2.67 bits per heavy atom. The lowest BCUT2D eigenvalue weighted by atomic mass is 9.86. The Hall–Kier alpha value is -2.73. The Morgan fingerprint density at radius 1 is 1.17 bits per heavy atom. The first-order chi connectivity index (χ1) is 11.7. The van der Waals surface area contributed by atoms with E-state index in [9.17, 15) is 5.26 Å². The van der Waals surface area contributed by atoms with E-state index in [-0.39, 0.29) is 6.04 Å². The summed E-state index contributed by atoms with van der Waals surface area (Å²) < 4.78 is 5.37. The molecule has 1 aliphatic rings. The molecule has 24 heavy (non-hydrogen) atoms. The number of allylic oxidation sites excluding steroid dienone is 2. The van der Waals surface area contributed by atoms with Gasteiger partial charge < -0.3 is 10.1 Å². The second-order valence-electron chi connectivity index (χ2n) is 6.09. The summed E-state index contributed by atoms with van der Waals surface area (Å²) in [4.78, 5) is 0. The molecule has 122 valence electrons. The van der Waals surface area contributed by atoms with E-state index in [0.717, 1.165) is 29.7 Å². The second kappa shape index (κ2) is 7.23. The quantitative estimate of drug-likeness (QED) is 0.875. The molecular formula is C21H22N2O. The SMILES string of the molecule is COc1ccc2c(c1)C(CC#N)=C(N[C@H](C)c1ccccc1)CC2. The number of benzene rings is 2. The van der Waals surface area contributed by atoms with Crippen molar-refractivity contribution in [1.82, 2.24) is 5.32 Å². The fraction of sp³-hybridized carbons (Fsp3) is 0.286. The predicted octanol–water partition coefficient (Wildman–Crippen LogP) is 4.62. The van der Waals surface area contributed by atoms with Crippen molar-refractivity contribution in [1.29, 1.82) is 5.26 Å². The molecule has 1 atom stereocenters. The number of nitrogens with zero attached hydrogens (tertiary/aromatic N) is 1. The summed E-state index contributed by atoms with van der Waals surface area (Å²) in [5, 5.41) is 12.9. The molecule has 0 heterocycles. The van der Waals surface area contributed by atoms with Crippen LogP contribution in [0.4, 0.5) is 0 Å². The zero-order chi connectivity index (χ0) is 16.9. The van der Waals surface area contributed by atoms with E-state index < -0.39 is 0 Å². The molecule has 0 bridgehead atoms. The molecule has 2 aromatic carbocycles. The Balaban J connectivity index is 1.96. The van der Waals surface area contributed by atoms with E-state index in [1.54, 1.807) is 7.11 Å². The third-order valence-corrected chi connectivity index (χ3v) is 4.60. The van der Waals surface area contributed by atoms with Crippen molar-refractivity contribution in [3.05, 3.63) is 70.9 Å². The highest BCUT2D eigenvalue weighted by atomic mass is 16.5. The van der Waals surface area contributed by atoms with Gasteiger partial charge in [-0.1, -0.05) is 36.4 Å². The highest BCUT2D eigenvalue weighted by Crippen LogP contribution is 2.35. The van der Waals surface area contributed by atoms with Gasteiger partial charge in [-0.05, 0) is 54.2 Å². The molecule has 2 aromatic rings. The zero-order valence-electron chi connectivity index (χ0n) is 14.2. The molecule has 1 aliphatic carbocycles. The molecule has 0 amide bonds. The van der Waals surface area contributed by atoms with E-state index in [1.807, 2.05) is 12.1 Å². The molecule has 1 N–H and O–H groups in total. The van der Waals surface area contributed by atoms with Crippen LogP contribution < -0.4 is 10.1 Å². The van der Waals surface area contributed by atoms with Gasteiger partial charge in [0.2, 0.25) is 0 Å². The van der Waals surface area contributed by atoms with Crippen molar-refractivity contribution in [2.45, 2.75) is 32.2 Å². The van der Waals surface area contributed by atoms with Gasteiger partial charge in [0.1, 0.15) is 5.75 Å². The van der Waals surface area contributed by atoms with Crippen LogP contribution in [-0.4, -0.2) is 7.11 Å². The summed E-state index contributed by atoms with van der Waals surface area (Å²) in [6.07, 6.45) is 2.33. The van der Waals surface area contributed by atoms with Crippen molar-refractivity contribution >= 4 is 5.57 Å². The summed E-state index contributed by atoms with van der Waals surface area (Å²) in [6, 6.07) is 19.1. The van der Waals surface area contributed by atoms with Crippen molar-refractivity contribution in [3.63, 3.8) is 0 Å². The number of fused-ring (bicyclic) bond motifs is 1. The summed E-state index contributed by atoms with van der Waals surface area (Å²) >= 11 is 0. The maximum atomic E-state index is 9.30. The standard InChI is InChI=1S/C21H22N2O/c1-15(16-6-4-3-5-7-16)23-21-11-9-17-8-10-18(24-2)14-20(17)19(21)12-13-22/h3-8,10,14-15,23H,9,11-12H2,1-2H3/t15-/m1/s1. The Bertz CT molecular complexity index is 787. The summed E-state index contributed by atoms with van der Waals surface area (Å²) in [5.41, 5.74) is 5.95. The summed E-state index contributed by atoms with van der Waals surface area (Å²) in [7, 11) is 1.68. The Kier molecular flexibility index (Phi) is 4.86. The first kappa shape index (κ1) is 16.1. The average molecular weight is 318 g/mol. The van der Waals surface area contributed by atoms with Gasteiger partial charge >= 0.3 is 0 Å². The number of nitriles is 1. The van der Waals surface area contributed by atoms with Crippen LogP contribution >= 0.6 is 0 Å². The van der Waals surface area contributed by atoms with Crippen LogP contribution in [0, 0.1) is 11.3 Å². The molecule has 0 saturated carbocycles. The maximum absolute atomic E-state index is 9.30. The lowest BCUT2D eigenvalue weighted by Crippen LogP contribution is -2.22. The molecule has 0 fully saturated rings. The van der Waals surface area contributed by atoms with Crippen molar-refractivity contribution in [2.24, 2.45) is 0 Å². The summed E-state index contributed by atoms with van der Waals surface area (Å²) in [5.74, 6) is 0.835. The fourth-order valence-electron chi connectivity index (χ4n) is 3.28. The van der Waals surface area contributed by atoms with Gasteiger partial charge in [-0.25, -0.2) is 0 Å². The Morgan fingerprint density at radius 2 is 1.96 bits per heavy atom. The van der Waals surface area contributed by atoms with Crippen LogP contribution in [0.1, 0.15) is 42.5 Å². The minimum absolute atomic E-state index is 0.210. The zero-order valence-corrected chi connectivity index (χ0v) is 14.2. The molecule has 0 saturated heterocycles. The van der Waals surface area contributed by atoms with Crippen molar-refractivity contribution in [2.75, 3.05) is 7.11 Å². The van der Waals surface area contributed by atoms with Crippen LogP contribution in [0.3, 0.4) is 0 Å². The lowest BCUT2D eigenvalue weighted by molar-refractivity contribution is 0.414. The monoisotopic (exact) mass is 318 g/mol. The molecule has 0 spiro atoms. The minimum Gasteiger partial charge on any atom is -0.497 e. The molecular weight excluding hydrogens is 296 g/mol. The normalized spacial score (nSPS) is 14.5. The van der Waals surface area contributed by atoms with Crippen molar-refractivity contribution < 1.29 is 4.74 Å². The van der Waals surface area contributed by atoms with Gasteiger partial charge in [-0.2, -0.15) is 5.26 Å². The van der Waals surface area contributed by atoms with Crippen LogP contribution in [0.15, 0.2) is 54.2 Å². The Labute approximate surface area is 143 Å². The number of rotatable bonds is 5. The molecule has 0 unspecified atom stereocenters. The molecule has 3 nitrogen and oxygen atoms in total. The van der Waals surface area contributed by atoms with E-state index in [2.05, 4.69) is 54.7 Å². The van der Waals surface area contributed by atoms with Gasteiger partial charge in [0, 0.05) is 11.7 Å². The molecule has 3 rings (SSSR count). The molecule has 0 radical (unpaired) electrons. The lowest BCUT2D eigenvalue weighted by Gasteiger charge is -2.27. The third-order valence-electron chi connectivity index (χ3n) is 4.60. The van der Waals surface area contributed by atoms with Gasteiger partial charge in [-0.3, -0.25) is 0 Å². The predicted molar refractivity (Wildman–Crippen MR) is 96.5 cm³/mol. The second-order valence-corrected chi connectivity index (χ2v) is 6.09. The average Bonchev–Trinajstić information content (AvgIpc) is 2.64. The smallest absolute Gasteiger partial charge is 0.119 e. The van der Waals surface area contributed by atoms with Crippen LogP contribution in [0.2, 0.25) is 0 Å². The van der Waals surface area contributed by atoms with Crippen LogP contribution in [-0.2, 0) is 6.42 Å². The van der Waals surface area contributed by atoms with Gasteiger partial charge in [0.15, 0.2) is 0 Å². The highest BCUT2D eigenvalue weighted by molar-refractivity contribution is 5.75. The van der Waals surface area contributed by atoms with Gasteiger partial charge in [0.05, 0.1) is 19.6 Å². The first-order valence-electron chi connectivity index (χ1n) is 8.30. The number of ether oxygens (including phenoxy) is 1. The number of methoxy groups -OCH3 is 1. The topological polar surface area (TPSA) is 45.0 Å². The van der Waals surface area contributed by atoms with E-state index >= 15 is 0 Å². The number of nitrogens with one attached hydrogen (secondary N) is 1. The van der Waals surface area contributed by atoms with E-state index in [1.165, 1.54) is 16.8 Å². The number of aryl methyl sites for hydroxylation is 1. The van der Waals surface area contributed by atoms with Gasteiger partial charge in [0.25, 0.3) is 0 Å². The molecule has 0 aliphatic heterocycles. The largest absolute Gasteiger partial charge is 0.497 e. The summed E-state index contributed by atoms with van der Waals surface area (Å²) in [6.45, 7) is 2.16. The first-order valence-corrected chi connectivity index (χ1v) is 8.30. The molecule has 3 heteroatoms. The molecule has 0 aromatic heterocycles. The number of hydrogen-bond acceptors (Lipinski definition) is 3. The highest BCUT2D eigenvalue weighted by Gasteiger charge is 2.21. The fourth-order valence-corrected chi connectivity index (χ4v) is 3.28. The minimum atomic E-state index is 0.210. The van der Waals surface area contributed by atoms with Gasteiger partial charge in [-0.15, -0.1) is 0 Å². The number of hydrogen-bond donors (Lipinski definition) is 1. The maximum Gasteiger partial charge on any atom is 0.119 e. The van der Waals surface area contributed by atoms with Crippen molar-refractivity contribution in [3.8, 4) is 11.8 Å². The van der Waals surface area contributed by atoms with Crippen LogP contribution in [0.5, 0.6) is 5.75 Å².